The molecule has 9 heavy (non-hydrogen) atoms. The predicted octanol–water partition coefficient (Wildman–Crippen LogP) is 0.343. The lowest BCUT2D eigenvalue weighted by Gasteiger charge is -2.12. The molecular weight excluding hydrogens is 118 g/mol. The fraction of sp³-hybridized carbons (Fsp3) is 1.00. The molecule has 3 heteroatoms. The van der Waals surface area contributed by atoms with E-state index in [9.17, 15) is 0 Å². The van der Waals surface area contributed by atoms with Crippen molar-refractivity contribution in [1.82, 2.24) is 0 Å². The highest BCUT2D eigenvalue weighted by atomic mass is 16.7. The molecule has 0 aromatic rings. The van der Waals surface area contributed by atoms with Crippen LogP contribution in [0, 0.1) is 0 Å². The lowest BCUT2D eigenvalue weighted by atomic mass is 10.4. The molecule has 0 aliphatic heterocycles. The Kier molecular flexibility index (Phi) is 4.67. The first-order valence-corrected chi connectivity index (χ1v) is 3.06. The fourth-order valence-electron chi connectivity index (χ4n) is 0.355. The molecule has 0 saturated heterocycles. The highest BCUT2D eigenvalue weighted by molar-refractivity contribution is 4.48. The molecule has 0 aliphatic carbocycles. The molecule has 2 N–H and O–H groups in total. The van der Waals surface area contributed by atoms with Gasteiger partial charge >= 0.3 is 0 Å². The Bertz CT molecular complexity index is 66.1. The van der Waals surface area contributed by atoms with Gasteiger partial charge in [0.2, 0.25) is 0 Å². The van der Waals surface area contributed by atoms with Gasteiger partial charge in [0.05, 0.1) is 6.61 Å². The fourth-order valence-corrected chi connectivity index (χ4v) is 0.355. The van der Waals surface area contributed by atoms with E-state index < -0.39 is 0 Å². The molecule has 0 spiro atoms. The zero-order valence-corrected chi connectivity index (χ0v) is 6.26. The summed E-state index contributed by atoms with van der Waals surface area (Å²) in [6.07, 6.45) is -0.143. The topological polar surface area (TPSA) is 44.5 Å². The zero-order valence-electron chi connectivity index (χ0n) is 6.26. The number of ether oxygens (including phenoxy) is 2. The van der Waals surface area contributed by atoms with Crippen molar-refractivity contribution in [3.05, 3.63) is 0 Å². The van der Waals surface area contributed by atoms with Crippen molar-refractivity contribution in [1.29, 1.82) is 0 Å². The molecule has 0 fully saturated rings. The lowest BCUT2D eigenvalue weighted by Crippen LogP contribution is -2.25. The maximum Gasteiger partial charge on any atom is 0.154 e. The summed E-state index contributed by atoms with van der Waals surface area (Å²) in [5, 5.41) is 0. The number of nitrogens with two attached hydrogens (primary N) is 1. The molecule has 0 amide bonds. The van der Waals surface area contributed by atoms with Crippen molar-refractivity contribution >= 4 is 0 Å². The maximum absolute atomic E-state index is 5.41. The Balaban J connectivity index is 3.06. The summed E-state index contributed by atoms with van der Waals surface area (Å²) in [7, 11) is 1.60. The molecule has 2 unspecified atom stereocenters. The molecule has 0 saturated carbocycles. The van der Waals surface area contributed by atoms with E-state index in [0.29, 0.717) is 6.61 Å². The second kappa shape index (κ2) is 4.73. The van der Waals surface area contributed by atoms with Gasteiger partial charge in [0.15, 0.2) is 6.29 Å². The monoisotopic (exact) mass is 133 g/mol. The minimum absolute atomic E-state index is 0.0857. The molecule has 56 valence electrons. The first-order valence-electron chi connectivity index (χ1n) is 3.06. The van der Waals surface area contributed by atoms with E-state index in [1.165, 1.54) is 0 Å². The van der Waals surface area contributed by atoms with E-state index in [4.69, 9.17) is 15.2 Å². The van der Waals surface area contributed by atoms with Crippen molar-refractivity contribution < 1.29 is 9.47 Å². The van der Waals surface area contributed by atoms with Crippen molar-refractivity contribution in [3.8, 4) is 0 Å². The average Bonchev–Trinajstić information content (AvgIpc) is 1.83. The van der Waals surface area contributed by atoms with Gasteiger partial charge in [-0.2, -0.15) is 0 Å². The van der Waals surface area contributed by atoms with Crippen LogP contribution in [0.25, 0.3) is 0 Å². The molecule has 0 bridgehead atoms. The smallest absolute Gasteiger partial charge is 0.154 e. The van der Waals surface area contributed by atoms with Crippen LogP contribution in [-0.4, -0.2) is 26.0 Å². The third-order valence-electron chi connectivity index (χ3n) is 0.926. The maximum atomic E-state index is 5.41. The summed E-state index contributed by atoms with van der Waals surface area (Å²) >= 11 is 0. The SMILES string of the molecule is COC(C)OCC(C)N. The van der Waals surface area contributed by atoms with E-state index in [1.807, 2.05) is 13.8 Å². The third-order valence-corrected chi connectivity index (χ3v) is 0.926. The van der Waals surface area contributed by atoms with Gasteiger partial charge in [-0.3, -0.25) is 0 Å². The zero-order chi connectivity index (χ0) is 7.28. The van der Waals surface area contributed by atoms with Crippen LogP contribution >= 0.6 is 0 Å². The molecule has 0 rings (SSSR count). The van der Waals surface area contributed by atoms with Gasteiger partial charge < -0.3 is 15.2 Å². The summed E-state index contributed by atoms with van der Waals surface area (Å²) in [6, 6.07) is 0.0857. The highest BCUT2D eigenvalue weighted by Crippen LogP contribution is 1.90. The largest absolute Gasteiger partial charge is 0.356 e. The summed E-state index contributed by atoms with van der Waals surface area (Å²) < 4.78 is 9.93. The summed E-state index contributed by atoms with van der Waals surface area (Å²) in [4.78, 5) is 0. The van der Waals surface area contributed by atoms with Gasteiger partial charge in [0.1, 0.15) is 0 Å². The van der Waals surface area contributed by atoms with Gasteiger partial charge in [-0.1, -0.05) is 0 Å². The van der Waals surface area contributed by atoms with Crippen molar-refractivity contribution in [2.45, 2.75) is 26.2 Å². The van der Waals surface area contributed by atoms with Gasteiger partial charge in [-0.15, -0.1) is 0 Å². The third kappa shape index (κ3) is 5.76. The molecule has 2 atom stereocenters. The van der Waals surface area contributed by atoms with Crippen molar-refractivity contribution in [3.63, 3.8) is 0 Å². The van der Waals surface area contributed by atoms with Crippen LogP contribution in [0.15, 0.2) is 0 Å². The van der Waals surface area contributed by atoms with Crippen LogP contribution in [0.4, 0.5) is 0 Å². The van der Waals surface area contributed by atoms with E-state index in [2.05, 4.69) is 0 Å². The lowest BCUT2D eigenvalue weighted by molar-refractivity contribution is -0.113. The second-order valence-corrected chi connectivity index (χ2v) is 2.11. The highest BCUT2D eigenvalue weighted by Gasteiger charge is 1.99. The second-order valence-electron chi connectivity index (χ2n) is 2.11. The summed E-state index contributed by atoms with van der Waals surface area (Å²) in [5.74, 6) is 0. The average molecular weight is 133 g/mol. The van der Waals surface area contributed by atoms with Crippen LogP contribution < -0.4 is 5.73 Å². The minimum Gasteiger partial charge on any atom is -0.356 e. The first-order chi connectivity index (χ1) is 4.16. The number of methoxy groups -OCH3 is 1. The van der Waals surface area contributed by atoms with Crippen LogP contribution in [-0.2, 0) is 9.47 Å². The molecule has 0 aromatic heterocycles. The van der Waals surface area contributed by atoms with Crippen LogP contribution in [0.5, 0.6) is 0 Å². The van der Waals surface area contributed by atoms with E-state index in [1.54, 1.807) is 7.11 Å². The Morgan fingerprint density at radius 3 is 2.33 bits per heavy atom. The first kappa shape index (κ1) is 8.88. The van der Waals surface area contributed by atoms with Gasteiger partial charge in [0, 0.05) is 13.2 Å². The number of hydrogen-bond donors (Lipinski definition) is 1. The molecule has 0 aliphatic rings. The Morgan fingerprint density at radius 1 is 1.44 bits per heavy atom. The van der Waals surface area contributed by atoms with Crippen LogP contribution in [0.1, 0.15) is 13.8 Å². The minimum atomic E-state index is -0.143. The quantitative estimate of drug-likeness (QED) is 0.562. The summed E-state index contributed by atoms with van der Waals surface area (Å²) in [5.41, 5.74) is 5.41. The Labute approximate surface area is 56.1 Å². The molecule has 3 nitrogen and oxygen atoms in total. The molecular formula is C6H15NO2. The van der Waals surface area contributed by atoms with Gasteiger partial charge in [0.25, 0.3) is 0 Å². The standard InChI is InChI=1S/C6H15NO2/c1-5(7)4-9-6(2)8-3/h5-6H,4,7H2,1-3H3. The van der Waals surface area contributed by atoms with Crippen molar-refractivity contribution in [2.75, 3.05) is 13.7 Å². The molecule has 0 heterocycles. The van der Waals surface area contributed by atoms with Gasteiger partial charge in [-0.05, 0) is 13.8 Å². The van der Waals surface area contributed by atoms with Crippen LogP contribution in [0.2, 0.25) is 0 Å². The Hall–Kier alpha value is -0.120. The van der Waals surface area contributed by atoms with Crippen LogP contribution in [0.3, 0.4) is 0 Å². The van der Waals surface area contributed by atoms with Crippen molar-refractivity contribution in [2.24, 2.45) is 5.73 Å². The number of rotatable bonds is 4. The normalized spacial score (nSPS) is 17.3. The molecule has 0 aromatic carbocycles. The van der Waals surface area contributed by atoms with E-state index in [0.717, 1.165) is 0 Å². The number of hydrogen-bond acceptors (Lipinski definition) is 3. The Morgan fingerprint density at radius 2 is 2.00 bits per heavy atom. The van der Waals surface area contributed by atoms with E-state index in [-0.39, 0.29) is 12.3 Å². The predicted molar refractivity (Wildman–Crippen MR) is 36.1 cm³/mol. The summed E-state index contributed by atoms with van der Waals surface area (Å²) in [6.45, 7) is 4.28. The van der Waals surface area contributed by atoms with Gasteiger partial charge in [-0.25, -0.2) is 0 Å². The van der Waals surface area contributed by atoms with E-state index >= 15 is 0 Å². The molecule has 0 radical (unpaired) electrons.